The maximum Gasteiger partial charge on any atom is 0.339 e. The van der Waals surface area contributed by atoms with Crippen LogP contribution < -0.4 is 9.47 Å². The number of hydrogen-bond acceptors (Lipinski definition) is 5. The number of amides is 1. The number of hydrogen-bond donors (Lipinski definition) is 0. The number of ether oxygens (including phenoxy) is 3. The minimum Gasteiger partial charge on any atom is -0.497 e. The van der Waals surface area contributed by atoms with Crippen molar-refractivity contribution in [3.05, 3.63) is 59.2 Å². The molecule has 6 nitrogen and oxygen atoms in total. The van der Waals surface area contributed by atoms with Gasteiger partial charge in [-0.05, 0) is 18.2 Å². The van der Waals surface area contributed by atoms with Crippen LogP contribution in [0.1, 0.15) is 39.1 Å². The van der Waals surface area contributed by atoms with Crippen molar-refractivity contribution in [3.8, 4) is 11.5 Å². The van der Waals surface area contributed by atoms with E-state index < -0.39 is 5.60 Å². The summed E-state index contributed by atoms with van der Waals surface area (Å²) in [6, 6.07) is 12.7. The Morgan fingerprint density at radius 2 is 1.67 bits per heavy atom. The number of methoxy groups -OCH3 is 2. The zero-order valence-electron chi connectivity index (χ0n) is 15.4. The monoisotopic (exact) mass is 367 g/mol. The molecule has 2 aromatic rings. The van der Waals surface area contributed by atoms with Gasteiger partial charge in [-0.2, -0.15) is 0 Å². The van der Waals surface area contributed by atoms with Crippen molar-refractivity contribution >= 4 is 11.9 Å². The normalized spacial score (nSPS) is 17.4. The lowest BCUT2D eigenvalue weighted by atomic mass is 9.83. The van der Waals surface area contributed by atoms with Gasteiger partial charge < -0.3 is 19.1 Å². The van der Waals surface area contributed by atoms with Crippen LogP contribution in [0, 0.1) is 0 Å². The Morgan fingerprint density at radius 1 is 1.04 bits per heavy atom. The third-order valence-corrected chi connectivity index (χ3v) is 5.38. The van der Waals surface area contributed by atoms with Gasteiger partial charge in [0, 0.05) is 43.1 Å². The molecule has 2 aliphatic heterocycles. The smallest absolute Gasteiger partial charge is 0.339 e. The summed E-state index contributed by atoms with van der Waals surface area (Å²) in [5.41, 5.74) is 1.47. The predicted octanol–water partition coefficient (Wildman–Crippen LogP) is 3.01. The number of piperidine rings is 1. The first-order valence-electron chi connectivity index (χ1n) is 8.91. The van der Waals surface area contributed by atoms with E-state index in [-0.39, 0.29) is 11.9 Å². The van der Waals surface area contributed by atoms with E-state index in [9.17, 15) is 9.59 Å². The molecule has 1 spiro atoms. The lowest BCUT2D eigenvalue weighted by molar-refractivity contribution is -0.0389. The van der Waals surface area contributed by atoms with Crippen molar-refractivity contribution in [2.24, 2.45) is 0 Å². The maximum absolute atomic E-state index is 13.0. The van der Waals surface area contributed by atoms with E-state index in [1.165, 1.54) is 0 Å². The predicted molar refractivity (Wildman–Crippen MR) is 98.2 cm³/mol. The third kappa shape index (κ3) is 2.91. The van der Waals surface area contributed by atoms with Gasteiger partial charge >= 0.3 is 5.97 Å². The van der Waals surface area contributed by atoms with Crippen LogP contribution in [0.5, 0.6) is 11.5 Å². The summed E-state index contributed by atoms with van der Waals surface area (Å²) in [5, 5.41) is 0. The molecule has 0 radical (unpaired) electrons. The van der Waals surface area contributed by atoms with E-state index in [1.54, 1.807) is 43.4 Å². The van der Waals surface area contributed by atoms with Crippen molar-refractivity contribution in [1.29, 1.82) is 0 Å². The summed E-state index contributed by atoms with van der Waals surface area (Å²) in [5.74, 6) is 0.789. The van der Waals surface area contributed by atoms with Crippen LogP contribution in [-0.4, -0.2) is 44.1 Å². The Balaban J connectivity index is 1.54. The molecule has 0 unspecified atom stereocenters. The molecule has 2 aromatic carbocycles. The molecule has 1 saturated heterocycles. The Hall–Kier alpha value is -3.02. The summed E-state index contributed by atoms with van der Waals surface area (Å²) in [6.07, 6.45) is 1.17. The second-order valence-electron chi connectivity index (χ2n) is 6.82. The molecule has 4 rings (SSSR count). The molecule has 0 saturated carbocycles. The minimum absolute atomic E-state index is 0.0836. The first-order valence-corrected chi connectivity index (χ1v) is 8.91. The fourth-order valence-corrected chi connectivity index (χ4v) is 3.90. The molecule has 0 N–H and O–H groups in total. The quantitative estimate of drug-likeness (QED) is 0.781. The molecular formula is C21H21NO5. The van der Waals surface area contributed by atoms with Crippen LogP contribution >= 0.6 is 0 Å². The summed E-state index contributed by atoms with van der Waals surface area (Å²) in [4.78, 5) is 26.9. The van der Waals surface area contributed by atoms with Crippen LogP contribution in [0.2, 0.25) is 0 Å². The number of fused-ring (bicyclic) bond motifs is 2. The van der Waals surface area contributed by atoms with Crippen molar-refractivity contribution < 1.29 is 23.8 Å². The van der Waals surface area contributed by atoms with Gasteiger partial charge in [0.15, 0.2) is 0 Å². The number of rotatable bonds is 3. The molecule has 2 aliphatic rings. The van der Waals surface area contributed by atoms with Gasteiger partial charge in [0.05, 0.1) is 19.8 Å². The fourth-order valence-electron chi connectivity index (χ4n) is 3.90. The van der Waals surface area contributed by atoms with E-state index in [0.717, 1.165) is 5.56 Å². The van der Waals surface area contributed by atoms with E-state index >= 15 is 0 Å². The van der Waals surface area contributed by atoms with Crippen LogP contribution in [0.4, 0.5) is 0 Å². The average Bonchev–Trinajstić information content (AvgIpc) is 2.99. The van der Waals surface area contributed by atoms with E-state index in [2.05, 4.69) is 0 Å². The fraction of sp³-hybridized carbons (Fsp3) is 0.333. The Morgan fingerprint density at radius 3 is 2.30 bits per heavy atom. The Kier molecular flexibility index (Phi) is 4.26. The van der Waals surface area contributed by atoms with E-state index in [4.69, 9.17) is 14.2 Å². The van der Waals surface area contributed by atoms with Gasteiger partial charge in [-0.3, -0.25) is 4.79 Å². The lowest BCUT2D eigenvalue weighted by Gasteiger charge is -2.38. The van der Waals surface area contributed by atoms with Gasteiger partial charge in [-0.15, -0.1) is 0 Å². The first-order chi connectivity index (χ1) is 13.1. The molecule has 1 amide bonds. The number of nitrogens with zero attached hydrogens (tertiary/aromatic N) is 1. The summed E-state index contributed by atoms with van der Waals surface area (Å²) < 4.78 is 16.3. The van der Waals surface area contributed by atoms with Crippen LogP contribution in [0.3, 0.4) is 0 Å². The maximum atomic E-state index is 13.0. The number of benzene rings is 2. The van der Waals surface area contributed by atoms with Crippen molar-refractivity contribution in [2.75, 3.05) is 27.3 Å². The van der Waals surface area contributed by atoms with Crippen molar-refractivity contribution in [1.82, 2.24) is 4.90 Å². The second-order valence-corrected chi connectivity index (χ2v) is 6.82. The second kappa shape index (κ2) is 6.61. The Labute approximate surface area is 157 Å². The number of esters is 1. The minimum atomic E-state index is -0.615. The van der Waals surface area contributed by atoms with Gasteiger partial charge in [-0.1, -0.05) is 18.2 Å². The SMILES string of the molecule is COc1cc(OC)cc(C(=O)N2CCC3(CC2)OC(=O)c2ccccc23)c1. The highest BCUT2D eigenvalue weighted by molar-refractivity contribution is 5.96. The van der Waals surface area contributed by atoms with Crippen LogP contribution in [0.25, 0.3) is 0 Å². The Bertz CT molecular complexity index is 877. The van der Waals surface area contributed by atoms with Crippen molar-refractivity contribution in [2.45, 2.75) is 18.4 Å². The van der Waals surface area contributed by atoms with Crippen molar-refractivity contribution in [3.63, 3.8) is 0 Å². The standard InChI is InChI=1S/C21H21NO5/c1-25-15-11-14(12-16(13-15)26-2)19(23)22-9-7-21(8-10-22)18-6-4-3-5-17(18)20(24)27-21/h3-6,11-13H,7-10H2,1-2H3. The summed E-state index contributed by atoms with van der Waals surface area (Å²) in [7, 11) is 3.11. The van der Waals surface area contributed by atoms with Crippen LogP contribution in [-0.2, 0) is 10.3 Å². The summed E-state index contributed by atoms with van der Waals surface area (Å²) >= 11 is 0. The molecule has 2 heterocycles. The lowest BCUT2D eigenvalue weighted by Crippen LogP contribution is -2.45. The summed E-state index contributed by atoms with van der Waals surface area (Å²) in [6.45, 7) is 1.03. The molecule has 0 aromatic heterocycles. The zero-order chi connectivity index (χ0) is 19.0. The molecule has 140 valence electrons. The molecule has 27 heavy (non-hydrogen) atoms. The van der Waals surface area contributed by atoms with E-state index in [0.29, 0.717) is 48.6 Å². The third-order valence-electron chi connectivity index (χ3n) is 5.38. The molecule has 0 aliphatic carbocycles. The van der Waals surface area contributed by atoms with Gasteiger partial charge in [0.2, 0.25) is 0 Å². The number of likely N-dealkylation sites (tertiary alicyclic amines) is 1. The molecule has 0 bridgehead atoms. The molecule has 6 heteroatoms. The average molecular weight is 367 g/mol. The molecule has 1 fully saturated rings. The largest absolute Gasteiger partial charge is 0.497 e. The highest BCUT2D eigenvalue weighted by Gasteiger charge is 2.47. The number of carbonyl (C=O) groups excluding carboxylic acids is 2. The van der Waals surface area contributed by atoms with Gasteiger partial charge in [0.25, 0.3) is 5.91 Å². The van der Waals surface area contributed by atoms with Gasteiger partial charge in [0.1, 0.15) is 17.1 Å². The van der Waals surface area contributed by atoms with Gasteiger partial charge in [-0.25, -0.2) is 4.79 Å². The van der Waals surface area contributed by atoms with Crippen LogP contribution in [0.15, 0.2) is 42.5 Å². The highest BCUT2D eigenvalue weighted by atomic mass is 16.6. The topological polar surface area (TPSA) is 65.1 Å². The first kappa shape index (κ1) is 17.4. The molecule has 0 atom stereocenters. The molecular weight excluding hydrogens is 346 g/mol. The van der Waals surface area contributed by atoms with E-state index in [1.807, 2.05) is 18.2 Å². The highest BCUT2D eigenvalue weighted by Crippen LogP contribution is 2.44. The zero-order valence-corrected chi connectivity index (χ0v) is 15.4. The number of carbonyl (C=O) groups is 2.